The average Bonchev–Trinajstić information content (AvgIpc) is 3.36. The second-order valence-corrected chi connectivity index (χ2v) is 21.4. The third-order valence-electron chi connectivity index (χ3n) is 12.1. The van der Waals surface area contributed by atoms with Crippen LogP contribution >= 0.6 is 11.8 Å². The van der Waals surface area contributed by atoms with Crippen molar-refractivity contribution in [2.75, 3.05) is 25.1 Å². The number of thioether (sulfide) groups is 1. The average molecular weight is 1100 g/mol. The van der Waals surface area contributed by atoms with Gasteiger partial charge in [0.1, 0.15) is 42.3 Å². The number of carbonyl (C=O) groups is 10. The number of aliphatic carboxylic acids is 2. The van der Waals surface area contributed by atoms with Gasteiger partial charge in [0.25, 0.3) is 0 Å². The minimum atomic E-state index is -1.55. The maximum absolute atomic E-state index is 14.3. The second kappa shape index (κ2) is 35.7. The van der Waals surface area contributed by atoms with Crippen molar-refractivity contribution < 1.29 is 58.2 Å². The second-order valence-electron chi connectivity index (χ2n) is 20.4. The summed E-state index contributed by atoms with van der Waals surface area (Å²) in [6, 6.07) is 7.91. The van der Waals surface area contributed by atoms with E-state index < -0.39 is 127 Å². The van der Waals surface area contributed by atoms with Crippen molar-refractivity contribution in [3.05, 3.63) is 71.8 Å². The van der Waals surface area contributed by atoms with Crippen LogP contribution in [-0.2, 0) is 60.8 Å². The van der Waals surface area contributed by atoms with Crippen LogP contribution in [0.15, 0.2) is 60.7 Å². The third kappa shape index (κ3) is 26.8. The molecule has 2 aromatic carbocycles. The summed E-state index contributed by atoms with van der Waals surface area (Å²) in [4.78, 5) is 134. The molecule has 0 radical (unpaired) electrons. The number of carbonyl (C=O) groups excluding carboxylic acids is 8. The number of carboxylic acids is 2. The fourth-order valence-corrected chi connectivity index (χ4v) is 8.57. The lowest BCUT2D eigenvalue weighted by atomic mass is 9.99. The normalized spacial score (nSPS) is 14.3. The number of nitrogens with two attached hydrogens (primary N) is 2. The molecule has 0 unspecified atom stereocenters. The predicted octanol–water partition coefficient (Wildman–Crippen LogP) is 1.28. The van der Waals surface area contributed by atoms with Crippen LogP contribution in [0.2, 0.25) is 0 Å². The zero-order valence-electron chi connectivity index (χ0n) is 45.6. The molecule has 0 aliphatic carbocycles. The van der Waals surface area contributed by atoms with Crippen molar-refractivity contribution in [3.8, 4) is 0 Å². The van der Waals surface area contributed by atoms with Gasteiger partial charge in [0, 0.05) is 12.8 Å². The van der Waals surface area contributed by atoms with Gasteiger partial charge in [0.2, 0.25) is 47.3 Å². The minimum absolute atomic E-state index is 0.0716. The SMILES string of the molecule is CSCC[C@H](NC(=O)[C@@H](N)Cc1ccccc1)C(=O)N[C@@H](CC(C)C)C(=O)NCC(=O)N[C@@H](CCC(=O)O)C(=O)N[C@@H](Cc1ccccc1)C(=O)N[C@@H](CC(C)C)C(=O)N[C@@H](CCCCN)C(=O)N[C@@H](CC(C)C)C(=O)O. The van der Waals surface area contributed by atoms with Gasteiger partial charge in [-0.1, -0.05) is 102 Å². The molecule has 0 saturated carbocycles. The van der Waals surface area contributed by atoms with E-state index in [2.05, 4.69) is 42.5 Å². The van der Waals surface area contributed by atoms with Gasteiger partial charge < -0.3 is 64.2 Å². The van der Waals surface area contributed by atoms with Crippen molar-refractivity contribution in [2.45, 2.75) is 161 Å². The standard InChI is InChI=1S/C54H84N10O12S/c1-32(2)26-41(61-51(72)40(23-25-77-7)59-47(68)37(56)29-35-16-10-8-11-17-35)48(69)57-31-45(65)58-39(21-22-46(66)67)50(71)63-43(30-36-18-12-9-13-19-36)53(74)62-42(27-33(3)4)52(73)60-38(20-14-15-24-55)49(70)64-44(54(75)76)28-34(5)6/h8-13,16-19,32-34,37-44H,14-15,20-31,55-56H2,1-7H3,(H,57,69)(H,58,65)(H,59,68)(H,60,73)(H,61,72)(H,62,74)(H,63,71)(H,64,70)(H,66,67)(H,75,76)/t37-,38-,39-,40-,41-,42-,43-,44-/m0/s1. The first-order valence-electron chi connectivity index (χ1n) is 26.3. The van der Waals surface area contributed by atoms with Crippen molar-refractivity contribution in [2.24, 2.45) is 29.2 Å². The van der Waals surface area contributed by atoms with Crippen LogP contribution in [0.3, 0.4) is 0 Å². The molecule has 428 valence electrons. The van der Waals surface area contributed by atoms with Gasteiger partial charge in [0.05, 0.1) is 12.6 Å². The molecule has 0 heterocycles. The van der Waals surface area contributed by atoms with Crippen LogP contribution in [0.5, 0.6) is 0 Å². The highest BCUT2D eigenvalue weighted by Crippen LogP contribution is 2.13. The quantitative estimate of drug-likeness (QED) is 0.0424. The number of carboxylic acid groups (broad SMARTS) is 2. The predicted molar refractivity (Wildman–Crippen MR) is 294 cm³/mol. The van der Waals surface area contributed by atoms with Gasteiger partial charge >= 0.3 is 11.9 Å². The van der Waals surface area contributed by atoms with Crippen LogP contribution in [-0.4, -0.2) is 143 Å². The molecule has 8 amide bonds. The van der Waals surface area contributed by atoms with E-state index in [1.54, 1.807) is 58.0 Å². The van der Waals surface area contributed by atoms with E-state index in [4.69, 9.17) is 11.5 Å². The zero-order chi connectivity index (χ0) is 57.6. The lowest BCUT2D eigenvalue weighted by molar-refractivity contribution is -0.143. The van der Waals surface area contributed by atoms with Crippen molar-refractivity contribution in [1.29, 1.82) is 0 Å². The van der Waals surface area contributed by atoms with Gasteiger partial charge in [-0.2, -0.15) is 11.8 Å². The van der Waals surface area contributed by atoms with E-state index in [0.29, 0.717) is 30.7 Å². The molecule has 0 aliphatic heterocycles. The van der Waals surface area contributed by atoms with Gasteiger partial charge in [-0.3, -0.25) is 43.2 Å². The van der Waals surface area contributed by atoms with Gasteiger partial charge in [-0.05, 0) is 105 Å². The first-order chi connectivity index (χ1) is 36.4. The highest BCUT2D eigenvalue weighted by molar-refractivity contribution is 7.98. The Hall–Kier alpha value is -6.59. The summed E-state index contributed by atoms with van der Waals surface area (Å²) in [5, 5.41) is 40.3. The third-order valence-corrected chi connectivity index (χ3v) is 12.7. The molecule has 0 saturated heterocycles. The molecule has 0 aliphatic rings. The van der Waals surface area contributed by atoms with Crippen LogP contribution < -0.4 is 54.0 Å². The summed E-state index contributed by atoms with van der Waals surface area (Å²) >= 11 is 1.45. The van der Waals surface area contributed by atoms with Gasteiger partial charge in [0.15, 0.2) is 0 Å². The molecular formula is C54H84N10O12S. The topological polar surface area (TPSA) is 359 Å². The number of benzene rings is 2. The maximum atomic E-state index is 14.3. The Morgan fingerprint density at radius 1 is 0.494 bits per heavy atom. The Kier molecular flexibility index (Phi) is 30.8. The number of unbranched alkanes of at least 4 members (excludes halogenated alkanes) is 1. The molecule has 22 nitrogen and oxygen atoms in total. The van der Waals surface area contributed by atoms with E-state index in [1.165, 1.54) is 11.8 Å². The van der Waals surface area contributed by atoms with Crippen LogP contribution in [0.25, 0.3) is 0 Å². The Morgan fingerprint density at radius 3 is 1.40 bits per heavy atom. The van der Waals surface area contributed by atoms with Crippen molar-refractivity contribution in [1.82, 2.24) is 42.5 Å². The van der Waals surface area contributed by atoms with Crippen LogP contribution in [0.4, 0.5) is 0 Å². The largest absolute Gasteiger partial charge is 0.481 e. The Balaban J connectivity index is 2.33. The van der Waals surface area contributed by atoms with Crippen molar-refractivity contribution in [3.63, 3.8) is 0 Å². The fourth-order valence-electron chi connectivity index (χ4n) is 8.10. The monoisotopic (exact) mass is 1100 g/mol. The van der Waals surface area contributed by atoms with E-state index >= 15 is 0 Å². The number of hydrogen-bond donors (Lipinski definition) is 12. The Labute approximate surface area is 456 Å². The summed E-state index contributed by atoms with van der Waals surface area (Å²) < 4.78 is 0. The molecule has 2 rings (SSSR count). The molecule has 77 heavy (non-hydrogen) atoms. The molecule has 0 bridgehead atoms. The molecule has 23 heteroatoms. The number of hydrogen-bond acceptors (Lipinski definition) is 13. The fraction of sp³-hybridized carbons (Fsp3) is 0.593. The molecule has 0 aromatic heterocycles. The van der Waals surface area contributed by atoms with Gasteiger partial charge in [-0.15, -0.1) is 0 Å². The van der Waals surface area contributed by atoms with E-state index in [1.807, 2.05) is 50.4 Å². The minimum Gasteiger partial charge on any atom is -0.481 e. The van der Waals surface area contributed by atoms with Crippen molar-refractivity contribution >= 4 is 71.0 Å². The molecule has 0 fully saturated rings. The number of amides is 8. The van der Waals surface area contributed by atoms with E-state index in [9.17, 15) is 58.2 Å². The number of rotatable bonds is 37. The lowest BCUT2D eigenvalue weighted by Crippen LogP contribution is -2.59. The lowest BCUT2D eigenvalue weighted by Gasteiger charge is -2.28. The summed E-state index contributed by atoms with van der Waals surface area (Å²) in [5.74, 6) is -8.51. The Morgan fingerprint density at radius 2 is 0.909 bits per heavy atom. The highest BCUT2D eigenvalue weighted by atomic mass is 32.2. The zero-order valence-corrected chi connectivity index (χ0v) is 46.4. The van der Waals surface area contributed by atoms with E-state index in [-0.39, 0.29) is 62.7 Å². The van der Waals surface area contributed by atoms with Crippen LogP contribution in [0.1, 0.15) is 110 Å². The van der Waals surface area contributed by atoms with E-state index in [0.717, 1.165) is 5.56 Å². The summed E-state index contributed by atoms with van der Waals surface area (Å²) in [6.07, 6.45) is 2.55. The molecular weight excluding hydrogens is 1010 g/mol. The van der Waals surface area contributed by atoms with Gasteiger partial charge in [-0.25, -0.2) is 4.79 Å². The molecule has 14 N–H and O–H groups in total. The smallest absolute Gasteiger partial charge is 0.326 e. The first-order valence-corrected chi connectivity index (χ1v) is 27.7. The number of nitrogens with one attached hydrogen (secondary N) is 8. The molecule has 2 aromatic rings. The highest BCUT2D eigenvalue weighted by Gasteiger charge is 2.34. The summed E-state index contributed by atoms with van der Waals surface area (Å²) in [5.41, 5.74) is 13.3. The summed E-state index contributed by atoms with van der Waals surface area (Å²) in [7, 11) is 0. The molecule has 0 spiro atoms. The molecule has 8 atom stereocenters. The maximum Gasteiger partial charge on any atom is 0.326 e. The Bertz CT molecular complexity index is 2220. The summed E-state index contributed by atoms with van der Waals surface area (Å²) in [6.45, 7) is 10.5. The first kappa shape index (κ1) is 66.5. The van der Waals surface area contributed by atoms with Crippen LogP contribution in [0, 0.1) is 17.8 Å².